The number of carboxylic acids is 1. The number of halogens is 2. The summed E-state index contributed by atoms with van der Waals surface area (Å²) in [5, 5.41) is 11.5. The molecule has 24 heavy (non-hydrogen) atoms. The van der Waals surface area contributed by atoms with Crippen molar-refractivity contribution in [1.29, 1.82) is 0 Å². The van der Waals surface area contributed by atoms with Crippen LogP contribution >= 0.6 is 15.9 Å². The van der Waals surface area contributed by atoms with Crippen molar-refractivity contribution in [2.75, 3.05) is 0 Å². The van der Waals surface area contributed by atoms with Gasteiger partial charge >= 0.3 is 12.1 Å². The quantitative estimate of drug-likeness (QED) is 0.784. The van der Waals surface area contributed by atoms with Gasteiger partial charge in [-0.05, 0) is 39.2 Å². The number of amides is 1. The summed E-state index contributed by atoms with van der Waals surface area (Å²) >= 11 is 3.03. The fraction of sp³-hybridized carbons (Fsp3) is 0.176. The highest BCUT2D eigenvalue weighted by atomic mass is 79.9. The van der Waals surface area contributed by atoms with E-state index in [1.807, 2.05) is 6.07 Å². The largest absolute Gasteiger partial charge is 0.480 e. The van der Waals surface area contributed by atoms with E-state index in [-0.39, 0.29) is 17.5 Å². The minimum absolute atomic E-state index is 0.0337. The zero-order valence-corrected chi connectivity index (χ0v) is 14.1. The fourth-order valence-corrected chi connectivity index (χ4v) is 2.26. The number of benzene rings is 2. The number of aliphatic carboxylic acids is 1. The Balaban J connectivity index is 1.93. The second-order valence-corrected chi connectivity index (χ2v) is 5.90. The Morgan fingerprint density at radius 3 is 2.50 bits per heavy atom. The summed E-state index contributed by atoms with van der Waals surface area (Å²) in [6.07, 6.45) is -0.899. The lowest BCUT2D eigenvalue weighted by atomic mass is 10.1. The van der Waals surface area contributed by atoms with Crippen LogP contribution in [0.3, 0.4) is 0 Å². The number of rotatable bonds is 6. The van der Waals surface area contributed by atoms with Gasteiger partial charge in [0.2, 0.25) is 0 Å². The maximum Gasteiger partial charge on any atom is 0.408 e. The number of ether oxygens (including phenoxy) is 1. The summed E-state index contributed by atoms with van der Waals surface area (Å²) < 4.78 is 18.8. The zero-order valence-electron chi connectivity index (χ0n) is 12.5. The minimum Gasteiger partial charge on any atom is -0.480 e. The van der Waals surface area contributed by atoms with Gasteiger partial charge < -0.3 is 15.2 Å². The molecule has 126 valence electrons. The Morgan fingerprint density at radius 1 is 1.17 bits per heavy atom. The molecule has 0 saturated carbocycles. The molecule has 0 heterocycles. The molecule has 0 bridgehead atoms. The van der Waals surface area contributed by atoms with Gasteiger partial charge in [0.25, 0.3) is 0 Å². The molecule has 2 rings (SSSR count). The van der Waals surface area contributed by atoms with E-state index in [9.17, 15) is 19.1 Å². The highest BCUT2D eigenvalue weighted by Gasteiger charge is 2.21. The highest BCUT2D eigenvalue weighted by molar-refractivity contribution is 9.10. The van der Waals surface area contributed by atoms with E-state index in [0.29, 0.717) is 5.56 Å². The van der Waals surface area contributed by atoms with Crippen molar-refractivity contribution < 1.29 is 23.8 Å². The Morgan fingerprint density at radius 2 is 1.88 bits per heavy atom. The Bertz CT molecular complexity index is 724. The molecule has 7 heteroatoms. The van der Waals surface area contributed by atoms with Crippen LogP contribution in [-0.4, -0.2) is 23.2 Å². The predicted molar refractivity (Wildman–Crippen MR) is 89.0 cm³/mol. The molecule has 2 N–H and O–H groups in total. The number of hydrogen-bond donors (Lipinski definition) is 2. The lowest BCUT2D eigenvalue weighted by Crippen LogP contribution is -2.42. The Hall–Kier alpha value is -2.41. The first-order valence-electron chi connectivity index (χ1n) is 7.09. The molecule has 1 amide bonds. The van der Waals surface area contributed by atoms with Crippen LogP contribution in [0, 0.1) is 5.82 Å². The van der Waals surface area contributed by atoms with Crippen molar-refractivity contribution in [3.8, 4) is 0 Å². The molecule has 1 atom stereocenters. The Labute approximate surface area is 146 Å². The fourth-order valence-electron chi connectivity index (χ4n) is 2.01. The van der Waals surface area contributed by atoms with Crippen LogP contribution in [0.25, 0.3) is 0 Å². The monoisotopic (exact) mass is 395 g/mol. The molecule has 0 spiro atoms. The van der Waals surface area contributed by atoms with E-state index < -0.39 is 23.9 Å². The molecular weight excluding hydrogens is 381 g/mol. The van der Waals surface area contributed by atoms with Gasteiger partial charge in [0.1, 0.15) is 18.5 Å². The number of carboxylic acid groups (broad SMARTS) is 1. The van der Waals surface area contributed by atoms with Gasteiger partial charge in [0.05, 0.1) is 4.47 Å². The summed E-state index contributed by atoms with van der Waals surface area (Å²) in [7, 11) is 0. The molecule has 0 aliphatic rings. The maximum absolute atomic E-state index is 13.5. The Kier molecular flexibility index (Phi) is 6.31. The lowest BCUT2D eigenvalue weighted by Gasteiger charge is -2.15. The van der Waals surface area contributed by atoms with Crippen molar-refractivity contribution in [1.82, 2.24) is 5.32 Å². The average Bonchev–Trinajstić information content (AvgIpc) is 2.56. The minimum atomic E-state index is -1.23. The molecule has 0 aliphatic carbocycles. The van der Waals surface area contributed by atoms with Crippen LogP contribution in [-0.2, 0) is 22.6 Å². The van der Waals surface area contributed by atoms with Crippen LogP contribution in [0.4, 0.5) is 9.18 Å². The molecule has 2 aromatic rings. The van der Waals surface area contributed by atoms with Crippen LogP contribution in [0.15, 0.2) is 53.0 Å². The van der Waals surface area contributed by atoms with Gasteiger partial charge in [-0.15, -0.1) is 0 Å². The molecule has 0 aliphatic heterocycles. The van der Waals surface area contributed by atoms with Crippen LogP contribution in [0.5, 0.6) is 0 Å². The van der Waals surface area contributed by atoms with E-state index in [4.69, 9.17) is 4.74 Å². The predicted octanol–water partition coefficient (Wildman–Crippen LogP) is 3.51. The molecule has 0 aromatic heterocycles. The van der Waals surface area contributed by atoms with Gasteiger partial charge in [-0.1, -0.05) is 36.4 Å². The molecule has 0 radical (unpaired) electrons. The third-order valence-electron chi connectivity index (χ3n) is 3.23. The highest BCUT2D eigenvalue weighted by Crippen LogP contribution is 2.17. The summed E-state index contributed by atoms with van der Waals surface area (Å²) in [5.74, 6) is -1.72. The first kappa shape index (κ1) is 17.9. The molecular formula is C17H15BrFNO4. The average molecular weight is 396 g/mol. The van der Waals surface area contributed by atoms with E-state index in [2.05, 4.69) is 21.2 Å². The SMILES string of the molecule is O=C(NC(Cc1ccc(Br)c(F)c1)C(=O)O)OCc1ccccc1. The summed E-state index contributed by atoms with van der Waals surface area (Å²) in [6.45, 7) is 0.0337. The molecule has 0 saturated heterocycles. The van der Waals surface area contributed by atoms with Gasteiger partial charge in [0, 0.05) is 6.42 Å². The summed E-state index contributed by atoms with van der Waals surface area (Å²) in [5.41, 5.74) is 1.24. The van der Waals surface area contributed by atoms with Gasteiger partial charge in [-0.25, -0.2) is 14.0 Å². The second-order valence-electron chi connectivity index (χ2n) is 5.05. The van der Waals surface area contributed by atoms with Crippen LogP contribution in [0.2, 0.25) is 0 Å². The van der Waals surface area contributed by atoms with Crippen molar-refractivity contribution in [2.24, 2.45) is 0 Å². The van der Waals surface area contributed by atoms with Crippen molar-refractivity contribution >= 4 is 28.0 Å². The van der Waals surface area contributed by atoms with E-state index in [0.717, 1.165) is 5.56 Å². The number of carbonyl (C=O) groups excluding carboxylic acids is 1. The number of carbonyl (C=O) groups is 2. The molecule has 5 nitrogen and oxygen atoms in total. The standard InChI is InChI=1S/C17H15BrFNO4/c18-13-7-6-12(8-14(13)19)9-15(16(21)22)20-17(23)24-10-11-4-2-1-3-5-11/h1-8,15H,9-10H2,(H,20,23)(H,21,22). The number of hydrogen-bond acceptors (Lipinski definition) is 3. The van der Waals surface area contributed by atoms with Gasteiger partial charge in [-0.3, -0.25) is 0 Å². The first-order chi connectivity index (χ1) is 11.5. The number of nitrogens with one attached hydrogen (secondary N) is 1. The molecule has 1 unspecified atom stereocenters. The summed E-state index contributed by atoms with van der Waals surface area (Å²) in [4.78, 5) is 23.1. The van der Waals surface area contributed by atoms with Crippen molar-refractivity contribution in [3.63, 3.8) is 0 Å². The van der Waals surface area contributed by atoms with E-state index in [1.165, 1.54) is 12.1 Å². The first-order valence-corrected chi connectivity index (χ1v) is 7.89. The number of alkyl carbamates (subject to hydrolysis) is 1. The smallest absolute Gasteiger partial charge is 0.408 e. The zero-order chi connectivity index (χ0) is 17.5. The third kappa shape index (κ3) is 5.34. The van der Waals surface area contributed by atoms with Crippen LogP contribution in [0.1, 0.15) is 11.1 Å². The lowest BCUT2D eigenvalue weighted by molar-refractivity contribution is -0.139. The molecule has 2 aromatic carbocycles. The second kappa shape index (κ2) is 8.44. The third-order valence-corrected chi connectivity index (χ3v) is 3.87. The van der Waals surface area contributed by atoms with E-state index >= 15 is 0 Å². The van der Waals surface area contributed by atoms with E-state index in [1.54, 1.807) is 30.3 Å². The van der Waals surface area contributed by atoms with Gasteiger partial charge in [-0.2, -0.15) is 0 Å². The van der Waals surface area contributed by atoms with Crippen molar-refractivity contribution in [3.05, 3.63) is 69.9 Å². The van der Waals surface area contributed by atoms with Crippen LogP contribution < -0.4 is 5.32 Å². The molecule has 0 fully saturated rings. The topological polar surface area (TPSA) is 75.6 Å². The normalized spacial score (nSPS) is 11.6. The maximum atomic E-state index is 13.5. The van der Waals surface area contributed by atoms with Crippen molar-refractivity contribution in [2.45, 2.75) is 19.1 Å². The van der Waals surface area contributed by atoms with Gasteiger partial charge in [0.15, 0.2) is 0 Å². The summed E-state index contributed by atoms with van der Waals surface area (Å²) in [6, 6.07) is 12.1.